The molecule has 0 aliphatic carbocycles. The maximum Gasteiger partial charge on any atom is 0.419 e. The fourth-order valence-electron chi connectivity index (χ4n) is 5.45. The van der Waals surface area contributed by atoms with Gasteiger partial charge in [0.25, 0.3) is 5.91 Å². The number of hydrogen-bond acceptors (Lipinski definition) is 11. The number of nitrogens with zero attached hydrogens (tertiary/aromatic N) is 5. The molecule has 4 aromatic rings. The van der Waals surface area contributed by atoms with Crippen LogP contribution in [0.3, 0.4) is 0 Å². The van der Waals surface area contributed by atoms with Gasteiger partial charge >= 0.3 is 18.2 Å². The molecule has 0 bridgehead atoms. The zero-order chi connectivity index (χ0) is 38.9. The summed E-state index contributed by atoms with van der Waals surface area (Å²) in [5.41, 5.74) is 3.72. The maximum absolute atomic E-state index is 13.8. The van der Waals surface area contributed by atoms with Crippen molar-refractivity contribution in [1.29, 1.82) is 0 Å². The van der Waals surface area contributed by atoms with E-state index in [1.165, 1.54) is 28.9 Å². The van der Waals surface area contributed by atoms with Gasteiger partial charge in [-0.25, -0.2) is 33.5 Å². The van der Waals surface area contributed by atoms with E-state index in [-0.39, 0.29) is 5.91 Å². The molecule has 2 heterocycles. The van der Waals surface area contributed by atoms with Crippen molar-refractivity contribution < 1.29 is 33.4 Å². The average Bonchev–Trinajstić information content (AvgIpc) is 3.75. The number of aromatic nitrogens is 4. The van der Waals surface area contributed by atoms with E-state index in [0.29, 0.717) is 54.3 Å². The minimum atomic E-state index is -0.791. The van der Waals surface area contributed by atoms with Gasteiger partial charge < -0.3 is 19.5 Å². The Bertz CT molecular complexity index is 1840. The van der Waals surface area contributed by atoms with Crippen LogP contribution in [0.2, 0.25) is 0 Å². The number of carbonyl (C=O) groups is 4. The number of methoxy groups -OCH3 is 1. The van der Waals surface area contributed by atoms with Gasteiger partial charge in [-0.3, -0.25) is 9.69 Å². The van der Waals surface area contributed by atoms with Crippen molar-refractivity contribution in [3.8, 4) is 11.1 Å². The number of carbonyl (C=O) groups excluding carboxylic acids is 4. The molecular weight excluding hydrogens is 697 g/mol. The van der Waals surface area contributed by atoms with Gasteiger partial charge in [0.05, 0.1) is 18.5 Å². The van der Waals surface area contributed by atoms with Crippen LogP contribution in [0.5, 0.6) is 0 Å². The Balaban J connectivity index is 1.69. The minimum absolute atomic E-state index is 0.313. The van der Waals surface area contributed by atoms with Crippen LogP contribution in [0.15, 0.2) is 67.5 Å². The molecule has 1 amide bonds. The molecule has 0 aliphatic heterocycles. The zero-order valence-corrected chi connectivity index (χ0v) is 32.8. The van der Waals surface area contributed by atoms with E-state index in [0.717, 1.165) is 16.7 Å². The molecule has 284 valence electrons. The van der Waals surface area contributed by atoms with E-state index in [1.54, 1.807) is 71.8 Å². The van der Waals surface area contributed by atoms with Gasteiger partial charge in [-0.2, -0.15) is 11.8 Å². The van der Waals surface area contributed by atoms with E-state index >= 15 is 0 Å². The van der Waals surface area contributed by atoms with Crippen molar-refractivity contribution in [2.75, 3.05) is 19.1 Å². The van der Waals surface area contributed by atoms with Gasteiger partial charge in [0.15, 0.2) is 0 Å². The van der Waals surface area contributed by atoms with E-state index in [2.05, 4.69) is 20.2 Å². The van der Waals surface area contributed by atoms with Crippen LogP contribution < -0.4 is 5.32 Å². The van der Waals surface area contributed by atoms with Gasteiger partial charge in [0.1, 0.15) is 29.9 Å². The number of hydrogen-bond donors (Lipinski definition) is 1. The molecular formula is C39H50N6O7S. The number of benzene rings is 2. The topological polar surface area (TPSA) is 147 Å². The SMILES string of the molecule is COC(=O)[C@H](CCSC)NC(=O)c1ccc(CN(Cc2cn(C(=O)OC(C)(C)C)cn2)Cc2cn(C(=O)OC(C)(C)C)cn2)cc1-c1ccccc1C. The second-order valence-corrected chi connectivity index (χ2v) is 15.7. The second kappa shape index (κ2) is 17.7. The number of amides is 1. The van der Waals surface area contributed by atoms with Crippen molar-refractivity contribution in [1.82, 2.24) is 29.3 Å². The molecule has 13 nitrogen and oxygen atoms in total. The molecule has 0 radical (unpaired) electrons. The third-order valence-corrected chi connectivity index (χ3v) is 8.47. The van der Waals surface area contributed by atoms with Crippen LogP contribution in [-0.4, -0.2) is 84.4 Å². The van der Waals surface area contributed by atoms with Crippen LogP contribution in [0.4, 0.5) is 9.59 Å². The largest absolute Gasteiger partial charge is 0.467 e. The Kier molecular flexibility index (Phi) is 13.6. The molecule has 14 heteroatoms. The highest BCUT2D eigenvalue weighted by molar-refractivity contribution is 7.98. The summed E-state index contributed by atoms with van der Waals surface area (Å²) in [5, 5.41) is 2.89. The van der Waals surface area contributed by atoms with Gasteiger partial charge in [0, 0.05) is 37.6 Å². The van der Waals surface area contributed by atoms with Crippen LogP contribution in [0.25, 0.3) is 11.1 Å². The Morgan fingerprint density at radius 3 is 1.91 bits per heavy atom. The smallest absolute Gasteiger partial charge is 0.419 e. The van der Waals surface area contributed by atoms with Crippen LogP contribution in [0, 0.1) is 6.92 Å². The predicted octanol–water partition coefficient (Wildman–Crippen LogP) is 6.85. The van der Waals surface area contributed by atoms with Gasteiger partial charge in [-0.15, -0.1) is 0 Å². The molecule has 0 spiro atoms. The standard InChI is InChI=1S/C39H50N6O7S/c1-26-12-10-11-13-30(26)32-18-27(14-15-31(32)34(46)42-33(16-17-53-9)35(47)50-8)19-43(20-28-22-44(24-40-28)36(48)51-38(2,3)4)21-29-23-45(25-41-29)37(49)52-39(5,6)7/h10-15,18,22-25,33H,16-17,19-21H2,1-9H3,(H,42,46)/t33-/m0/s1. The van der Waals surface area contributed by atoms with Crippen molar-refractivity contribution in [3.63, 3.8) is 0 Å². The quantitative estimate of drug-likeness (QED) is 0.113. The van der Waals surface area contributed by atoms with E-state index < -0.39 is 35.4 Å². The molecule has 4 rings (SSSR count). The Morgan fingerprint density at radius 2 is 1.40 bits per heavy atom. The monoisotopic (exact) mass is 746 g/mol. The average molecular weight is 747 g/mol. The number of aryl methyl sites for hydroxylation is 1. The van der Waals surface area contributed by atoms with Crippen molar-refractivity contribution in [2.24, 2.45) is 0 Å². The molecule has 0 aliphatic rings. The van der Waals surface area contributed by atoms with E-state index in [9.17, 15) is 19.2 Å². The summed E-state index contributed by atoms with van der Waals surface area (Å²) in [4.78, 5) is 62.9. The second-order valence-electron chi connectivity index (χ2n) is 14.7. The molecule has 2 aromatic carbocycles. The summed E-state index contributed by atoms with van der Waals surface area (Å²) in [6.07, 6.45) is 7.37. The first-order chi connectivity index (χ1) is 25.0. The van der Waals surface area contributed by atoms with Crippen molar-refractivity contribution in [2.45, 2.75) is 91.8 Å². The van der Waals surface area contributed by atoms with Gasteiger partial charge in [0.2, 0.25) is 0 Å². The van der Waals surface area contributed by atoms with Crippen molar-refractivity contribution >= 4 is 35.8 Å². The normalized spacial score (nSPS) is 12.3. The highest BCUT2D eigenvalue weighted by atomic mass is 32.2. The molecule has 1 N–H and O–H groups in total. The number of nitrogens with one attached hydrogen (secondary N) is 1. The van der Waals surface area contributed by atoms with Gasteiger partial charge in [-0.1, -0.05) is 30.3 Å². The molecule has 2 aromatic heterocycles. The van der Waals surface area contributed by atoms with E-state index in [4.69, 9.17) is 14.2 Å². The molecule has 0 unspecified atom stereocenters. The molecule has 1 atom stereocenters. The number of thioether (sulfide) groups is 1. The lowest BCUT2D eigenvalue weighted by molar-refractivity contribution is -0.142. The maximum atomic E-state index is 13.8. The summed E-state index contributed by atoms with van der Waals surface area (Å²) < 4.78 is 18.6. The zero-order valence-electron chi connectivity index (χ0n) is 32.0. The first kappa shape index (κ1) is 40.8. The summed E-state index contributed by atoms with van der Waals surface area (Å²) >= 11 is 1.58. The Morgan fingerprint density at radius 1 is 0.830 bits per heavy atom. The summed E-state index contributed by atoms with van der Waals surface area (Å²) in [5.74, 6) is -0.213. The highest BCUT2D eigenvalue weighted by Crippen LogP contribution is 2.29. The minimum Gasteiger partial charge on any atom is -0.467 e. The fourth-order valence-corrected chi connectivity index (χ4v) is 5.92. The van der Waals surface area contributed by atoms with Gasteiger partial charge in [-0.05, 0) is 101 Å². The Labute approximate surface area is 315 Å². The number of ether oxygens (including phenoxy) is 3. The molecule has 0 saturated heterocycles. The van der Waals surface area contributed by atoms with E-state index in [1.807, 2.05) is 49.6 Å². The third-order valence-electron chi connectivity index (χ3n) is 7.82. The lowest BCUT2D eigenvalue weighted by Crippen LogP contribution is -2.42. The molecule has 0 fully saturated rings. The summed E-state index contributed by atoms with van der Waals surface area (Å²) in [6, 6.07) is 12.6. The first-order valence-electron chi connectivity index (χ1n) is 17.3. The lowest BCUT2D eigenvalue weighted by Gasteiger charge is -2.22. The number of imidazole rings is 2. The summed E-state index contributed by atoms with van der Waals surface area (Å²) in [6.45, 7) is 13.8. The van der Waals surface area contributed by atoms with Crippen molar-refractivity contribution in [3.05, 3.63) is 95.6 Å². The number of rotatable bonds is 13. The first-order valence-corrected chi connectivity index (χ1v) is 18.7. The molecule has 53 heavy (non-hydrogen) atoms. The fraction of sp³-hybridized carbons (Fsp3) is 0.436. The highest BCUT2D eigenvalue weighted by Gasteiger charge is 2.25. The molecule has 0 saturated carbocycles. The summed E-state index contributed by atoms with van der Waals surface area (Å²) in [7, 11) is 1.31. The van der Waals surface area contributed by atoms with Crippen LogP contribution >= 0.6 is 11.8 Å². The predicted molar refractivity (Wildman–Crippen MR) is 204 cm³/mol. The van der Waals surface area contributed by atoms with Crippen LogP contribution in [0.1, 0.15) is 80.8 Å². The van der Waals surface area contributed by atoms with Crippen LogP contribution in [-0.2, 0) is 38.6 Å². The number of esters is 1. The third kappa shape index (κ3) is 12.0. The Hall–Kier alpha value is -4.95. The lowest BCUT2D eigenvalue weighted by atomic mass is 9.93.